The fourth-order valence-corrected chi connectivity index (χ4v) is 2.49. The fraction of sp³-hybridized carbons (Fsp3) is 0.438. The Morgan fingerprint density at radius 3 is 2.35 bits per heavy atom. The maximum atomic E-state index is 11.2. The van der Waals surface area contributed by atoms with E-state index in [9.17, 15) is 4.79 Å². The molecule has 1 saturated heterocycles. The summed E-state index contributed by atoms with van der Waals surface area (Å²) in [6, 6.07) is 4.87. The number of anilines is 1. The van der Waals surface area contributed by atoms with Crippen LogP contribution >= 0.6 is 12.6 Å². The molecule has 2 rings (SSSR count). The molecule has 0 spiro atoms. The summed E-state index contributed by atoms with van der Waals surface area (Å²) in [6.07, 6.45) is 1.83. The van der Waals surface area contributed by atoms with Crippen LogP contribution < -0.4 is 5.73 Å². The monoisotopic (exact) mass is 335 g/mol. The van der Waals surface area contributed by atoms with Gasteiger partial charge in [0.15, 0.2) is 0 Å². The SMILES string of the molecule is CC1(C)OB(C(=Cc2ccc(N)c(C(=O)O)c2)CS)OC1(C)C. The van der Waals surface area contributed by atoms with Gasteiger partial charge in [-0.3, -0.25) is 0 Å². The molecule has 0 aromatic heterocycles. The topological polar surface area (TPSA) is 81.8 Å². The summed E-state index contributed by atoms with van der Waals surface area (Å²) in [7, 11) is -0.511. The number of benzene rings is 1. The van der Waals surface area contributed by atoms with Crippen LogP contribution in [-0.2, 0) is 9.31 Å². The highest BCUT2D eigenvalue weighted by Crippen LogP contribution is 2.39. The molecule has 23 heavy (non-hydrogen) atoms. The van der Waals surface area contributed by atoms with Crippen molar-refractivity contribution < 1.29 is 19.2 Å². The molecular formula is C16H22BNO4S. The van der Waals surface area contributed by atoms with E-state index >= 15 is 0 Å². The third kappa shape index (κ3) is 3.57. The molecule has 7 heteroatoms. The molecule has 1 fully saturated rings. The number of carboxylic acids is 1. The Hall–Kier alpha value is -1.44. The molecule has 0 bridgehead atoms. The normalized spacial score (nSPS) is 19.9. The molecule has 1 aliphatic rings. The average Bonchev–Trinajstić information content (AvgIpc) is 2.66. The molecule has 1 aromatic rings. The van der Waals surface area contributed by atoms with Gasteiger partial charge in [-0.15, -0.1) is 0 Å². The van der Waals surface area contributed by atoms with E-state index in [0.29, 0.717) is 5.75 Å². The minimum absolute atomic E-state index is 0.0752. The molecule has 1 aromatic carbocycles. The van der Waals surface area contributed by atoms with Gasteiger partial charge >= 0.3 is 13.1 Å². The lowest BCUT2D eigenvalue weighted by molar-refractivity contribution is 0.00578. The molecule has 1 aliphatic heterocycles. The van der Waals surface area contributed by atoms with Crippen LogP contribution in [0.5, 0.6) is 0 Å². The lowest BCUT2D eigenvalue weighted by Gasteiger charge is -2.32. The quantitative estimate of drug-likeness (QED) is 0.448. The Bertz CT molecular complexity index is 641. The van der Waals surface area contributed by atoms with Crippen molar-refractivity contribution in [2.45, 2.75) is 38.9 Å². The highest BCUT2D eigenvalue weighted by molar-refractivity contribution is 7.80. The van der Waals surface area contributed by atoms with Gasteiger partial charge in [0, 0.05) is 11.4 Å². The van der Waals surface area contributed by atoms with Crippen molar-refractivity contribution in [1.82, 2.24) is 0 Å². The number of nitrogen functional groups attached to an aromatic ring is 1. The molecule has 0 aliphatic carbocycles. The minimum atomic E-state index is -1.05. The average molecular weight is 335 g/mol. The Morgan fingerprint density at radius 2 is 1.87 bits per heavy atom. The maximum Gasteiger partial charge on any atom is 0.491 e. The number of nitrogens with two attached hydrogens (primary N) is 1. The number of aromatic carboxylic acids is 1. The zero-order chi connectivity index (χ0) is 17.4. The second kappa shape index (κ2) is 6.22. The second-order valence-corrected chi connectivity index (χ2v) is 6.93. The van der Waals surface area contributed by atoms with E-state index in [1.807, 2.05) is 33.8 Å². The number of thiol groups is 1. The molecule has 5 nitrogen and oxygen atoms in total. The van der Waals surface area contributed by atoms with Crippen LogP contribution in [0.1, 0.15) is 43.6 Å². The van der Waals surface area contributed by atoms with Crippen molar-refractivity contribution in [3.63, 3.8) is 0 Å². The van der Waals surface area contributed by atoms with E-state index in [2.05, 4.69) is 12.6 Å². The maximum absolute atomic E-state index is 11.2. The van der Waals surface area contributed by atoms with Gasteiger partial charge in [0.25, 0.3) is 0 Å². The highest BCUT2D eigenvalue weighted by atomic mass is 32.1. The Labute approximate surface area is 142 Å². The third-order valence-electron chi connectivity index (χ3n) is 4.40. The Balaban J connectivity index is 2.34. The summed E-state index contributed by atoms with van der Waals surface area (Å²) in [6.45, 7) is 7.92. The van der Waals surface area contributed by atoms with Gasteiger partial charge in [-0.05, 0) is 50.9 Å². The van der Waals surface area contributed by atoms with Gasteiger partial charge in [0.2, 0.25) is 0 Å². The first-order valence-electron chi connectivity index (χ1n) is 7.37. The van der Waals surface area contributed by atoms with Gasteiger partial charge < -0.3 is 20.1 Å². The van der Waals surface area contributed by atoms with E-state index in [-0.39, 0.29) is 11.3 Å². The largest absolute Gasteiger partial charge is 0.491 e. The van der Waals surface area contributed by atoms with Crippen molar-refractivity contribution in [3.05, 3.63) is 34.8 Å². The molecule has 124 valence electrons. The summed E-state index contributed by atoms with van der Waals surface area (Å²) in [5, 5.41) is 9.17. The predicted octanol–water partition coefficient (Wildman–Crippen LogP) is 2.91. The first-order chi connectivity index (χ1) is 10.6. The first kappa shape index (κ1) is 17.9. The number of hydrogen-bond acceptors (Lipinski definition) is 5. The summed E-state index contributed by atoms with van der Waals surface area (Å²) >= 11 is 4.35. The van der Waals surface area contributed by atoms with Crippen LogP contribution in [0.15, 0.2) is 23.7 Å². The van der Waals surface area contributed by atoms with Gasteiger partial charge in [0.05, 0.1) is 16.8 Å². The smallest absolute Gasteiger partial charge is 0.478 e. The number of carbonyl (C=O) groups is 1. The van der Waals surface area contributed by atoms with E-state index in [1.54, 1.807) is 12.1 Å². The van der Waals surface area contributed by atoms with Crippen LogP contribution in [0.4, 0.5) is 5.69 Å². The van der Waals surface area contributed by atoms with Crippen molar-refractivity contribution >= 4 is 37.5 Å². The van der Waals surface area contributed by atoms with Crippen molar-refractivity contribution in [2.75, 3.05) is 11.5 Å². The molecule has 0 radical (unpaired) electrons. The lowest BCUT2D eigenvalue weighted by atomic mass is 9.78. The van der Waals surface area contributed by atoms with E-state index in [0.717, 1.165) is 11.0 Å². The number of carboxylic acid groups (broad SMARTS) is 1. The van der Waals surface area contributed by atoms with Crippen LogP contribution in [-0.4, -0.2) is 35.1 Å². The molecule has 0 saturated carbocycles. The van der Waals surface area contributed by atoms with E-state index in [1.165, 1.54) is 6.07 Å². The molecular weight excluding hydrogens is 313 g/mol. The zero-order valence-corrected chi connectivity index (χ0v) is 14.7. The fourth-order valence-electron chi connectivity index (χ4n) is 2.25. The van der Waals surface area contributed by atoms with E-state index < -0.39 is 24.3 Å². The van der Waals surface area contributed by atoms with Gasteiger partial charge in [-0.1, -0.05) is 12.1 Å². The third-order valence-corrected chi connectivity index (χ3v) is 4.76. The minimum Gasteiger partial charge on any atom is -0.478 e. The van der Waals surface area contributed by atoms with Gasteiger partial charge in [-0.2, -0.15) is 12.6 Å². The Kier molecular flexibility index (Phi) is 4.85. The zero-order valence-electron chi connectivity index (χ0n) is 13.8. The molecule has 3 N–H and O–H groups in total. The lowest BCUT2D eigenvalue weighted by Crippen LogP contribution is -2.41. The van der Waals surface area contributed by atoms with Crippen molar-refractivity contribution in [1.29, 1.82) is 0 Å². The van der Waals surface area contributed by atoms with Crippen LogP contribution in [0.3, 0.4) is 0 Å². The number of hydrogen-bond donors (Lipinski definition) is 3. The Morgan fingerprint density at radius 1 is 1.30 bits per heavy atom. The predicted molar refractivity (Wildman–Crippen MR) is 95.7 cm³/mol. The second-order valence-electron chi connectivity index (χ2n) is 6.62. The van der Waals surface area contributed by atoms with Crippen LogP contribution in [0, 0.1) is 0 Å². The molecule has 1 heterocycles. The van der Waals surface area contributed by atoms with Crippen LogP contribution in [0.25, 0.3) is 6.08 Å². The summed E-state index contributed by atoms with van der Waals surface area (Å²) < 4.78 is 12.0. The summed E-state index contributed by atoms with van der Waals surface area (Å²) in [4.78, 5) is 11.2. The van der Waals surface area contributed by atoms with Crippen LogP contribution in [0.2, 0.25) is 0 Å². The van der Waals surface area contributed by atoms with Crippen molar-refractivity contribution in [3.8, 4) is 0 Å². The molecule has 0 unspecified atom stereocenters. The van der Waals surface area contributed by atoms with Gasteiger partial charge in [0.1, 0.15) is 0 Å². The summed E-state index contributed by atoms with van der Waals surface area (Å²) in [5.41, 5.74) is 6.66. The molecule has 0 atom stereocenters. The first-order valence-corrected chi connectivity index (χ1v) is 8.00. The van der Waals surface area contributed by atoms with Gasteiger partial charge in [-0.25, -0.2) is 4.79 Å². The number of rotatable bonds is 4. The van der Waals surface area contributed by atoms with E-state index in [4.69, 9.17) is 20.1 Å². The standard InChI is InChI=1S/C16H22BNO4S/c1-15(2)16(3,4)22-17(21-15)11(9-23)7-10-5-6-13(18)12(8-10)14(19)20/h5-8,23H,9,18H2,1-4H3,(H,19,20). The molecule has 0 amide bonds. The highest BCUT2D eigenvalue weighted by Gasteiger charge is 2.52. The van der Waals surface area contributed by atoms with Crippen molar-refractivity contribution in [2.24, 2.45) is 0 Å². The summed E-state index contributed by atoms with van der Waals surface area (Å²) in [5.74, 6) is -0.621.